The molecule has 0 aliphatic carbocycles. The number of carbonyl (C=O) groups excluding carboxylic acids is 2. The Hall–Kier alpha value is -2.93. The molecule has 0 N–H and O–H groups in total. The summed E-state index contributed by atoms with van der Waals surface area (Å²) in [6.45, 7) is 5.21. The van der Waals surface area contributed by atoms with Gasteiger partial charge in [0.05, 0.1) is 24.8 Å². The normalized spacial score (nSPS) is 20.4. The van der Waals surface area contributed by atoms with Crippen LogP contribution in [0.2, 0.25) is 0 Å². The maximum absolute atomic E-state index is 13.1. The Bertz CT molecular complexity index is 894. The van der Waals surface area contributed by atoms with Gasteiger partial charge in [0.2, 0.25) is 5.91 Å². The van der Waals surface area contributed by atoms with Crippen molar-refractivity contribution < 1.29 is 18.7 Å². The van der Waals surface area contributed by atoms with Gasteiger partial charge in [0.1, 0.15) is 11.6 Å². The monoisotopic (exact) mass is 397 g/mol. The predicted molar refractivity (Wildman–Crippen MR) is 109 cm³/mol. The van der Waals surface area contributed by atoms with Crippen LogP contribution in [0.1, 0.15) is 13.3 Å². The van der Waals surface area contributed by atoms with E-state index in [0.717, 1.165) is 18.8 Å². The molecule has 1 atom stereocenters. The fraction of sp³-hybridized carbons (Fsp3) is 0.364. The molecule has 2 aliphatic heterocycles. The molecule has 2 aromatic carbocycles. The zero-order valence-electron chi connectivity index (χ0n) is 16.4. The molecule has 29 heavy (non-hydrogen) atoms. The largest absolute Gasteiger partial charge is 0.494 e. The molecule has 7 heteroatoms. The molecule has 0 saturated carbocycles. The highest BCUT2D eigenvalue weighted by Crippen LogP contribution is 2.29. The smallest absolute Gasteiger partial charge is 0.251 e. The fourth-order valence-electron chi connectivity index (χ4n) is 4.00. The van der Waals surface area contributed by atoms with Gasteiger partial charge in [0, 0.05) is 37.9 Å². The molecule has 2 amide bonds. The Morgan fingerprint density at radius 3 is 2.41 bits per heavy atom. The topological polar surface area (TPSA) is 53.1 Å². The van der Waals surface area contributed by atoms with Gasteiger partial charge in [-0.15, -0.1) is 0 Å². The molecule has 2 fully saturated rings. The number of anilines is 2. The van der Waals surface area contributed by atoms with Gasteiger partial charge in [0.25, 0.3) is 5.91 Å². The van der Waals surface area contributed by atoms with Crippen molar-refractivity contribution in [2.45, 2.75) is 19.4 Å². The van der Waals surface area contributed by atoms with E-state index in [4.69, 9.17) is 4.74 Å². The van der Waals surface area contributed by atoms with Crippen LogP contribution in [0.3, 0.4) is 0 Å². The SMILES string of the molecule is CCOc1cccc(N2C(=O)C[C@H](N3CCN(c4ccc(F)cc4)CC3)C2=O)c1. The lowest BCUT2D eigenvalue weighted by atomic mass is 10.1. The number of hydrogen-bond acceptors (Lipinski definition) is 5. The summed E-state index contributed by atoms with van der Waals surface area (Å²) in [6, 6.07) is 13.1. The highest BCUT2D eigenvalue weighted by molar-refractivity contribution is 6.22. The number of imide groups is 1. The summed E-state index contributed by atoms with van der Waals surface area (Å²) in [5, 5.41) is 0. The van der Waals surface area contributed by atoms with E-state index >= 15 is 0 Å². The number of hydrogen-bond donors (Lipinski definition) is 0. The number of piperazine rings is 1. The van der Waals surface area contributed by atoms with Gasteiger partial charge < -0.3 is 9.64 Å². The Morgan fingerprint density at radius 2 is 1.72 bits per heavy atom. The van der Waals surface area contributed by atoms with Crippen molar-refractivity contribution in [3.8, 4) is 5.75 Å². The molecular weight excluding hydrogens is 373 g/mol. The second kappa shape index (κ2) is 8.21. The van der Waals surface area contributed by atoms with Crippen LogP contribution in [0.5, 0.6) is 5.75 Å². The van der Waals surface area contributed by atoms with Crippen LogP contribution >= 0.6 is 0 Å². The average molecular weight is 397 g/mol. The molecular formula is C22H24FN3O3. The summed E-state index contributed by atoms with van der Waals surface area (Å²) in [6.07, 6.45) is 0.189. The van der Waals surface area contributed by atoms with Gasteiger partial charge in [-0.05, 0) is 43.3 Å². The zero-order valence-corrected chi connectivity index (χ0v) is 16.4. The average Bonchev–Trinajstić information content (AvgIpc) is 3.03. The van der Waals surface area contributed by atoms with Crippen molar-refractivity contribution in [1.29, 1.82) is 0 Å². The van der Waals surface area contributed by atoms with Gasteiger partial charge >= 0.3 is 0 Å². The fourth-order valence-corrected chi connectivity index (χ4v) is 4.00. The number of carbonyl (C=O) groups is 2. The van der Waals surface area contributed by atoms with Crippen LogP contribution in [0.15, 0.2) is 48.5 Å². The van der Waals surface area contributed by atoms with E-state index in [1.54, 1.807) is 30.3 Å². The van der Waals surface area contributed by atoms with Crippen molar-refractivity contribution in [2.75, 3.05) is 42.6 Å². The van der Waals surface area contributed by atoms with E-state index in [0.29, 0.717) is 31.1 Å². The van der Waals surface area contributed by atoms with Gasteiger partial charge in [-0.1, -0.05) is 6.07 Å². The highest BCUT2D eigenvalue weighted by atomic mass is 19.1. The van der Waals surface area contributed by atoms with Crippen molar-refractivity contribution in [2.24, 2.45) is 0 Å². The lowest BCUT2D eigenvalue weighted by molar-refractivity contribution is -0.123. The first-order valence-electron chi connectivity index (χ1n) is 9.91. The number of halogens is 1. The number of benzene rings is 2. The maximum atomic E-state index is 13.1. The minimum atomic E-state index is -0.436. The zero-order chi connectivity index (χ0) is 20.4. The summed E-state index contributed by atoms with van der Waals surface area (Å²) in [5.74, 6) is 0.0198. The molecule has 0 unspecified atom stereocenters. The third-order valence-electron chi connectivity index (χ3n) is 5.46. The van der Waals surface area contributed by atoms with Gasteiger partial charge in [0.15, 0.2) is 0 Å². The quantitative estimate of drug-likeness (QED) is 0.726. The summed E-state index contributed by atoms with van der Waals surface area (Å²) in [4.78, 5) is 31.2. The second-order valence-electron chi connectivity index (χ2n) is 7.22. The molecule has 2 aliphatic rings. The summed E-state index contributed by atoms with van der Waals surface area (Å²) in [7, 11) is 0. The maximum Gasteiger partial charge on any atom is 0.251 e. The molecule has 2 saturated heterocycles. The van der Waals surface area contributed by atoms with Crippen LogP contribution in [0, 0.1) is 5.82 Å². The first-order valence-corrected chi connectivity index (χ1v) is 9.91. The third kappa shape index (κ3) is 3.96. The number of rotatable bonds is 5. The Morgan fingerprint density at radius 1 is 1.00 bits per heavy atom. The second-order valence-corrected chi connectivity index (χ2v) is 7.22. The molecule has 0 aromatic heterocycles. The van der Waals surface area contributed by atoms with Gasteiger partial charge in [-0.2, -0.15) is 0 Å². The van der Waals surface area contributed by atoms with E-state index in [-0.39, 0.29) is 24.1 Å². The Kier molecular flexibility index (Phi) is 5.49. The predicted octanol–water partition coefficient (Wildman–Crippen LogP) is 2.68. The summed E-state index contributed by atoms with van der Waals surface area (Å²) in [5.41, 5.74) is 1.52. The molecule has 0 spiro atoms. The molecule has 4 rings (SSSR count). The van der Waals surface area contributed by atoms with E-state index in [9.17, 15) is 14.0 Å². The van der Waals surface area contributed by atoms with Crippen LogP contribution in [-0.2, 0) is 9.59 Å². The number of ether oxygens (including phenoxy) is 1. The standard InChI is InChI=1S/C22H24FN3O3/c1-2-29-19-5-3-4-18(14-19)26-21(27)15-20(22(26)28)25-12-10-24(11-13-25)17-8-6-16(23)7-9-17/h3-9,14,20H,2,10-13,15H2,1H3/t20-/m0/s1. The molecule has 0 bridgehead atoms. The van der Waals surface area contributed by atoms with Crippen molar-refractivity contribution >= 4 is 23.2 Å². The van der Waals surface area contributed by atoms with Crippen LogP contribution < -0.4 is 14.5 Å². The van der Waals surface area contributed by atoms with Gasteiger partial charge in [-0.3, -0.25) is 14.5 Å². The van der Waals surface area contributed by atoms with Crippen LogP contribution in [-0.4, -0.2) is 55.5 Å². The lowest BCUT2D eigenvalue weighted by Gasteiger charge is -2.38. The van der Waals surface area contributed by atoms with Crippen molar-refractivity contribution in [3.63, 3.8) is 0 Å². The van der Waals surface area contributed by atoms with Gasteiger partial charge in [-0.25, -0.2) is 9.29 Å². The van der Waals surface area contributed by atoms with E-state index in [2.05, 4.69) is 9.80 Å². The Labute approximate surface area is 169 Å². The number of nitrogens with zero attached hydrogens (tertiary/aromatic N) is 3. The highest BCUT2D eigenvalue weighted by Gasteiger charge is 2.43. The van der Waals surface area contributed by atoms with E-state index in [1.165, 1.54) is 17.0 Å². The van der Waals surface area contributed by atoms with Crippen LogP contribution in [0.25, 0.3) is 0 Å². The molecule has 0 radical (unpaired) electrons. The third-order valence-corrected chi connectivity index (χ3v) is 5.46. The molecule has 2 aromatic rings. The molecule has 2 heterocycles. The molecule has 6 nitrogen and oxygen atoms in total. The minimum absolute atomic E-state index is 0.182. The number of amides is 2. The Balaban J connectivity index is 1.43. The lowest BCUT2D eigenvalue weighted by Crippen LogP contribution is -2.52. The summed E-state index contributed by atoms with van der Waals surface area (Å²) >= 11 is 0. The summed E-state index contributed by atoms with van der Waals surface area (Å²) < 4.78 is 18.6. The first-order chi connectivity index (χ1) is 14.1. The minimum Gasteiger partial charge on any atom is -0.494 e. The molecule has 152 valence electrons. The van der Waals surface area contributed by atoms with Crippen molar-refractivity contribution in [1.82, 2.24) is 4.90 Å². The van der Waals surface area contributed by atoms with Crippen molar-refractivity contribution in [3.05, 3.63) is 54.3 Å². The van der Waals surface area contributed by atoms with E-state index in [1.807, 2.05) is 13.0 Å². The van der Waals surface area contributed by atoms with Crippen LogP contribution in [0.4, 0.5) is 15.8 Å². The van der Waals surface area contributed by atoms with E-state index < -0.39 is 6.04 Å². The first kappa shape index (κ1) is 19.4.